The summed E-state index contributed by atoms with van der Waals surface area (Å²) in [6.07, 6.45) is 5.49. The Kier molecular flexibility index (Phi) is 4.07. The second-order valence-corrected chi connectivity index (χ2v) is 7.93. The van der Waals surface area contributed by atoms with Crippen LogP contribution >= 0.6 is 0 Å². The summed E-state index contributed by atoms with van der Waals surface area (Å²) in [6.45, 7) is 4.56. The molecule has 0 spiro atoms. The monoisotopic (exact) mass is 312 g/mol. The van der Waals surface area contributed by atoms with Crippen LogP contribution in [-0.2, 0) is 16.6 Å². The van der Waals surface area contributed by atoms with Gasteiger partial charge in [-0.15, -0.1) is 0 Å². The molecule has 3 N–H and O–H groups in total. The van der Waals surface area contributed by atoms with Crippen molar-refractivity contribution >= 4 is 10.0 Å². The summed E-state index contributed by atoms with van der Waals surface area (Å²) in [7, 11) is -3.52. The number of aryl methyl sites for hydroxylation is 1. The molecular formula is C14H24N4O2S. The Balaban J connectivity index is 1.69. The molecule has 1 aromatic rings. The summed E-state index contributed by atoms with van der Waals surface area (Å²) < 4.78 is 27.8. The summed E-state index contributed by atoms with van der Waals surface area (Å²) in [5.74, 6) is 0.498. The van der Waals surface area contributed by atoms with Crippen LogP contribution in [0.25, 0.3) is 0 Å². The highest BCUT2D eigenvalue weighted by atomic mass is 32.2. The predicted octanol–water partition coefficient (Wildman–Crippen LogP) is 1.44. The summed E-state index contributed by atoms with van der Waals surface area (Å²) in [4.78, 5) is 0. The number of aromatic nitrogens is 2. The van der Waals surface area contributed by atoms with Crippen molar-refractivity contribution in [3.63, 3.8) is 0 Å². The third-order valence-electron chi connectivity index (χ3n) is 4.32. The molecule has 2 saturated carbocycles. The zero-order valence-corrected chi connectivity index (χ0v) is 13.5. The zero-order valence-electron chi connectivity index (χ0n) is 12.6. The van der Waals surface area contributed by atoms with Gasteiger partial charge < -0.3 is 5.32 Å². The first-order valence-corrected chi connectivity index (χ1v) is 9.29. The number of nitrogens with zero attached hydrogens (tertiary/aromatic N) is 1. The first-order chi connectivity index (χ1) is 10.0. The molecule has 0 bridgehead atoms. The number of H-pyrrole nitrogens is 1. The van der Waals surface area contributed by atoms with Gasteiger partial charge in [0.15, 0.2) is 5.03 Å². The van der Waals surface area contributed by atoms with Gasteiger partial charge in [0.25, 0.3) is 10.0 Å². The van der Waals surface area contributed by atoms with Crippen molar-refractivity contribution in [1.29, 1.82) is 0 Å². The van der Waals surface area contributed by atoms with Crippen molar-refractivity contribution in [1.82, 2.24) is 20.2 Å². The maximum atomic E-state index is 12.5. The Morgan fingerprint density at radius 2 is 2.14 bits per heavy atom. The van der Waals surface area contributed by atoms with Crippen LogP contribution in [0.2, 0.25) is 0 Å². The second kappa shape index (κ2) is 5.70. The Hall–Kier alpha value is -0.920. The average Bonchev–Trinajstić information content (AvgIpc) is 3.32. The lowest BCUT2D eigenvalue weighted by Gasteiger charge is -2.07. The minimum atomic E-state index is -3.52. The maximum absolute atomic E-state index is 12.5. The number of sulfonamides is 1. The Bertz CT molecular complexity index is 606. The van der Waals surface area contributed by atoms with Gasteiger partial charge in [-0.1, -0.05) is 13.3 Å². The van der Waals surface area contributed by atoms with E-state index in [-0.39, 0.29) is 11.1 Å². The van der Waals surface area contributed by atoms with Gasteiger partial charge in [0.1, 0.15) is 0 Å². The summed E-state index contributed by atoms with van der Waals surface area (Å²) >= 11 is 0. The largest absolute Gasteiger partial charge is 0.310 e. The van der Waals surface area contributed by atoms with Gasteiger partial charge in [0.2, 0.25) is 0 Å². The molecule has 3 rings (SSSR count). The Labute approximate surface area is 126 Å². The predicted molar refractivity (Wildman–Crippen MR) is 80.3 cm³/mol. The molecule has 0 saturated heterocycles. The van der Waals surface area contributed by atoms with Gasteiger partial charge in [0.05, 0.1) is 0 Å². The number of hydrogen-bond acceptors (Lipinski definition) is 4. The molecule has 0 aromatic carbocycles. The van der Waals surface area contributed by atoms with E-state index in [2.05, 4.69) is 27.2 Å². The van der Waals surface area contributed by atoms with E-state index in [0.29, 0.717) is 18.5 Å². The van der Waals surface area contributed by atoms with Crippen LogP contribution in [0.4, 0.5) is 0 Å². The van der Waals surface area contributed by atoms with E-state index in [9.17, 15) is 8.42 Å². The normalized spacial score (nSPS) is 25.2. The first-order valence-electron chi connectivity index (χ1n) is 7.80. The van der Waals surface area contributed by atoms with E-state index < -0.39 is 10.0 Å². The molecule has 0 amide bonds. The molecule has 0 aliphatic heterocycles. The van der Waals surface area contributed by atoms with Crippen LogP contribution in [0.1, 0.15) is 50.3 Å². The van der Waals surface area contributed by atoms with Crippen molar-refractivity contribution in [2.45, 2.75) is 69.6 Å². The van der Waals surface area contributed by atoms with E-state index in [0.717, 1.165) is 30.5 Å². The fraction of sp³-hybridized carbons (Fsp3) is 0.786. The smallest absolute Gasteiger partial charge is 0.260 e. The van der Waals surface area contributed by atoms with Crippen LogP contribution in [0.3, 0.4) is 0 Å². The molecule has 1 aromatic heterocycles. The van der Waals surface area contributed by atoms with Crippen LogP contribution in [0.5, 0.6) is 0 Å². The fourth-order valence-electron chi connectivity index (χ4n) is 2.73. The molecule has 118 valence electrons. The van der Waals surface area contributed by atoms with Crippen molar-refractivity contribution in [3.05, 3.63) is 11.3 Å². The highest BCUT2D eigenvalue weighted by molar-refractivity contribution is 7.89. The van der Waals surface area contributed by atoms with Crippen LogP contribution in [0.15, 0.2) is 5.03 Å². The third kappa shape index (κ3) is 3.46. The molecular weight excluding hydrogens is 288 g/mol. The lowest BCUT2D eigenvalue weighted by Crippen LogP contribution is -2.29. The number of hydrogen-bond donors (Lipinski definition) is 3. The van der Waals surface area contributed by atoms with Crippen molar-refractivity contribution in [2.75, 3.05) is 0 Å². The molecule has 2 fully saturated rings. The fourth-order valence-corrected chi connectivity index (χ4v) is 4.25. The minimum absolute atomic E-state index is 0.0937. The minimum Gasteiger partial charge on any atom is -0.310 e. The Morgan fingerprint density at radius 3 is 2.81 bits per heavy atom. The molecule has 2 atom stereocenters. The van der Waals surface area contributed by atoms with Gasteiger partial charge in [-0.25, -0.2) is 13.1 Å². The number of nitrogens with one attached hydrogen (secondary N) is 3. The maximum Gasteiger partial charge on any atom is 0.260 e. The average molecular weight is 312 g/mol. The van der Waals surface area contributed by atoms with Crippen molar-refractivity contribution in [2.24, 2.45) is 5.92 Å². The molecule has 2 unspecified atom stereocenters. The van der Waals surface area contributed by atoms with Gasteiger partial charge in [-0.3, -0.25) is 5.10 Å². The topological polar surface area (TPSA) is 86.9 Å². The Morgan fingerprint density at radius 1 is 1.38 bits per heavy atom. The molecule has 2 aliphatic rings. The first kappa shape index (κ1) is 15.0. The van der Waals surface area contributed by atoms with Crippen LogP contribution in [-0.4, -0.2) is 30.7 Å². The second-order valence-electron chi connectivity index (χ2n) is 6.30. The number of aromatic amines is 1. The molecule has 0 radical (unpaired) electrons. The standard InChI is InChI=1S/C14H24N4O2S/c1-3-4-10-7-13(10)18-21(19,20)14-12(9(2)16-17-14)8-15-11-5-6-11/h10-11,13,15,18H,3-8H2,1-2H3,(H,16,17). The van der Waals surface area contributed by atoms with E-state index >= 15 is 0 Å². The van der Waals surface area contributed by atoms with E-state index in [1.165, 1.54) is 12.8 Å². The van der Waals surface area contributed by atoms with Crippen molar-refractivity contribution in [3.8, 4) is 0 Å². The van der Waals surface area contributed by atoms with E-state index in [4.69, 9.17) is 0 Å². The SMILES string of the molecule is CCCC1CC1NS(=O)(=O)c1n[nH]c(C)c1CNC1CC1. The molecule has 6 nitrogen and oxygen atoms in total. The molecule has 21 heavy (non-hydrogen) atoms. The van der Waals surface area contributed by atoms with Gasteiger partial charge in [-0.2, -0.15) is 5.10 Å². The van der Waals surface area contributed by atoms with Gasteiger partial charge in [0, 0.05) is 29.9 Å². The summed E-state index contributed by atoms with van der Waals surface area (Å²) in [5.41, 5.74) is 1.59. The van der Waals surface area contributed by atoms with E-state index in [1.807, 2.05) is 6.92 Å². The zero-order chi connectivity index (χ0) is 15.0. The van der Waals surface area contributed by atoms with Gasteiger partial charge >= 0.3 is 0 Å². The summed E-state index contributed by atoms with van der Waals surface area (Å²) in [5, 5.41) is 10.4. The van der Waals surface area contributed by atoms with Crippen LogP contribution in [0, 0.1) is 12.8 Å². The van der Waals surface area contributed by atoms with Crippen molar-refractivity contribution < 1.29 is 8.42 Å². The van der Waals surface area contributed by atoms with E-state index in [1.54, 1.807) is 0 Å². The molecule has 1 heterocycles. The van der Waals surface area contributed by atoms with Crippen LogP contribution < -0.4 is 10.0 Å². The third-order valence-corrected chi connectivity index (χ3v) is 5.78. The lowest BCUT2D eigenvalue weighted by atomic mass is 10.2. The molecule has 2 aliphatic carbocycles. The number of rotatable bonds is 8. The lowest BCUT2D eigenvalue weighted by molar-refractivity contribution is 0.566. The molecule has 7 heteroatoms. The van der Waals surface area contributed by atoms with Gasteiger partial charge in [-0.05, 0) is 38.5 Å². The highest BCUT2D eigenvalue weighted by Crippen LogP contribution is 2.35. The highest BCUT2D eigenvalue weighted by Gasteiger charge is 2.40. The summed E-state index contributed by atoms with van der Waals surface area (Å²) in [6, 6.07) is 0.636. The quantitative estimate of drug-likeness (QED) is 0.678.